The van der Waals surface area contributed by atoms with Crippen LogP contribution in [-0.4, -0.2) is 10.4 Å². The third kappa shape index (κ3) is 1.96. The fourth-order valence-corrected chi connectivity index (χ4v) is 1.34. The first-order chi connectivity index (χ1) is 5.25. The van der Waals surface area contributed by atoms with Crippen molar-refractivity contribution in [2.24, 2.45) is 0 Å². The molecule has 0 aliphatic rings. The van der Waals surface area contributed by atoms with Crippen LogP contribution in [0.3, 0.4) is 0 Å². The molecule has 1 rings (SSSR count). The highest BCUT2D eigenvalue weighted by atomic mass is 79.9. The van der Waals surface area contributed by atoms with Crippen molar-refractivity contribution >= 4 is 15.9 Å². The number of rotatable bonds is 2. The van der Waals surface area contributed by atoms with E-state index in [0.29, 0.717) is 11.7 Å². The zero-order chi connectivity index (χ0) is 8.27. The molecule has 1 unspecified atom stereocenters. The van der Waals surface area contributed by atoms with Gasteiger partial charge in [-0.25, -0.2) is 0 Å². The Balaban J connectivity index is 2.93. The fourth-order valence-electron chi connectivity index (χ4n) is 0.987. The van der Waals surface area contributed by atoms with Crippen LogP contribution in [0.2, 0.25) is 0 Å². The summed E-state index contributed by atoms with van der Waals surface area (Å²) in [4.78, 5) is 0. The summed E-state index contributed by atoms with van der Waals surface area (Å²) in [7, 11) is 0. The van der Waals surface area contributed by atoms with Crippen molar-refractivity contribution in [3.05, 3.63) is 29.8 Å². The van der Waals surface area contributed by atoms with Crippen LogP contribution >= 0.6 is 15.9 Å². The third-order valence-electron chi connectivity index (χ3n) is 1.70. The number of hydrogen-bond acceptors (Lipinski definition) is 1. The predicted molar refractivity (Wildman–Crippen MR) is 50.3 cm³/mol. The number of para-hydroxylation sites is 1. The van der Waals surface area contributed by atoms with E-state index in [1.165, 1.54) is 0 Å². The molecule has 2 heteroatoms. The van der Waals surface area contributed by atoms with E-state index in [4.69, 9.17) is 0 Å². The van der Waals surface area contributed by atoms with Gasteiger partial charge in [0.15, 0.2) is 0 Å². The van der Waals surface area contributed by atoms with Crippen molar-refractivity contribution in [2.45, 2.75) is 12.8 Å². The normalized spacial score (nSPS) is 12.9. The van der Waals surface area contributed by atoms with Gasteiger partial charge in [-0.1, -0.05) is 41.1 Å². The Morgan fingerprint density at radius 3 is 2.64 bits per heavy atom. The Bertz CT molecular complexity index is 235. The molecular formula is C9H11BrO. The maximum Gasteiger partial charge on any atom is 0.119 e. The molecule has 0 radical (unpaired) electrons. The van der Waals surface area contributed by atoms with E-state index in [0.717, 1.165) is 10.9 Å². The summed E-state index contributed by atoms with van der Waals surface area (Å²) >= 11 is 3.37. The van der Waals surface area contributed by atoms with E-state index in [-0.39, 0.29) is 0 Å². The number of benzene rings is 1. The number of phenols is 1. The fraction of sp³-hybridized carbons (Fsp3) is 0.333. The molecule has 1 N–H and O–H groups in total. The molecule has 0 aliphatic heterocycles. The van der Waals surface area contributed by atoms with Gasteiger partial charge in [0, 0.05) is 5.33 Å². The van der Waals surface area contributed by atoms with Gasteiger partial charge in [-0.05, 0) is 17.5 Å². The molecule has 0 saturated carbocycles. The van der Waals surface area contributed by atoms with Gasteiger partial charge in [-0.2, -0.15) is 0 Å². The van der Waals surface area contributed by atoms with Crippen LogP contribution in [0.5, 0.6) is 5.75 Å². The minimum atomic E-state index is 0.371. The van der Waals surface area contributed by atoms with E-state index in [1.807, 2.05) is 18.2 Å². The molecule has 0 aromatic heterocycles. The summed E-state index contributed by atoms with van der Waals surface area (Å²) in [5.41, 5.74) is 1.00. The first-order valence-electron chi connectivity index (χ1n) is 3.59. The van der Waals surface area contributed by atoms with Crippen molar-refractivity contribution in [1.82, 2.24) is 0 Å². The lowest BCUT2D eigenvalue weighted by molar-refractivity contribution is 0.465. The second-order valence-corrected chi connectivity index (χ2v) is 3.26. The van der Waals surface area contributed by atoms with Crippen LogP contribution in [-0.2, 0) is 0 Å². The van der Waals surface area contributed by atoms with Gasteiger partial charge >= 0.3 is 0 Å². The number of aromatic hydroxyl groups is 1. The summed E-state index contributed by atoms with van der Waals surface area (Å²) in [6, 6.07) is 7.43. The molecule has 1 atom stereocenters. The Labute approximate surface area is 75.2 Å². The third-order valence-corrected chi connectivity index (χ3v) is 2.67. The quantitative estimate of drug-likeness (QED) is 0.752. The minimum absolute atomic E-state index is 0.371. The SMILES string of the molecule is CC(CBr)c1ccccc1O. The van der Waals surface area contributed by atoms with Crippen LogP contribution < -0.4 is 0 Å². The molecule has 1 nitrogen and oxygen atoms in total. The molecule has 0 spiro atoms. The van der Waals surface area contributed by atoms with Crippen LogP contribution in [0.15, 0.2) is 24.3 Å². The highest BCUT2D eigenvalue weighted by Gasteiger charge is 2.06. The van der Waals surface area contributed by atoms with Crippen LogP contribution in [0.4, 0.5) is 0 Å². The van der Waals surface area contributed by atoms with E-state index < -0.39 is 0 Å². The van der Waals surface area contributed by atoms with Crippen LogP contribution in [0.1, 0.15) is 18.4 Å². The number of hydrogen-bond donors (Lipinski definition) is 1. The van der Waals surface area contributed by atoms with Crippen molar-refractivity contribution in [1.29, 1.82) is 0 Å². The summed E-state index contributed by atoms with van der Waals surface area (Å²) < 4.78 is 0. The van der Waals surface area contributed by atoms with Gasteiger partial charge in [0.2, 0.25) is 0 Å². The van der Waals surface area contributed by atoms with E-state index in [2.05, 4.69) is 22.9 Å². The summed E-state index contributed by atoms with van der Waals surface area (Å²) in [5, 5.41) is 10.3. The number of phenolic OH excluding ortho intramolecular Hbond substituents is 1. The molecular weight excluding hydrogens is 204 g/mol. The van der Waals surface area contributed by atoms with Crippen molar-refractivity contribution in [3.63, 3.8) is 0 Å². The molecule has 11 heavy (non-hydrogen) atoms. The van der Waals surface area contributed by atoms with Crippen molar-refractivity contribution in [3.8, 4) is 5.75 Å². The van der Waals surface area contributed by atoms with E-state index >= 15 is 0 Å². The zero-order valence-electron chi connectivity index (χ0n) is 6.42. The maximum atomic E-state index is 9.39. The van der Waals surface area contributed by atoms with Crippen molar-refractivity contribution < 1.29 is 5.11 Å². The van der Waals surface area contributed by atoms with Gasteiger partial charge in [0.25, 0.3) is 0 Å². The Hall–Kier alpha value is -0.500. The standard InChI is InChI=1S/C9H11BrO/c1-7(6-10)8-4-2-3-5-9(8)11/h2-5,7,11H,6H2,1H3. The molecule has 0 fully saturated rings. The van der Waals surface area contributed by atoms with E-state index in [9.17, 15) is 5.11 Å². The van der Waals surface area contributed by atoms with Crippen LogP contribution in [0.25, 0.3) is 0 Å². The molecule has 60 valence electrons. The maximum absolute atomic E-state index is 9.39. The molecule has 1 aromatic carbocycles. The van der Waals surface area contributed by atoms with E-state index in [1.54, 1.807) is 6.07 Å². The van der Waals surface area contributed by atoms with Crippen molar-refractivity contribution in [2.75, 3.05) is 5.33 Å². The first-order valence-corrected chi connectivity index (χ1v) is 4.71. The number of halogens is 1. The average Bonchev–Trinajstić information content (AvgIpc) is 2.04. The largest absolute Gasteiger partial charge is 0.508 e. The Morgan fingerprint density at radius 2 is 2.09 bits per heavy atom. The Morgan fingerprint density at radius 1 is 1.45 bits per heavy atom. The van der Waals surface area contributed by atoms with Gasteiger partial charge in [0.05, 0.1) is 0 Å². The monoisotopic (exact) mass is 214 g/mol. The molecule has 0 bridgehead atoms. The highest BCUT2D eigenvalue weighted by molar-refractivity contribution is 9.09. The summed E-state index contributed by atoms with van der Waals surface area (Å²) in [6.45, 7) is 2.07. The number of alkyl halides is 1. The predicted octanol–water partition coefficient (Wildman–Crippen LogP) is 2.89. The van der Waals surface area contributed by atoms with Gasteiger partial charge in [0.1, 0.15) is 5.75 Å². The zero-order valence-corrected chi connectivity index (χ0v) is 8.01. The highest BCUT2D eigenvalue weighted by Crippen LogP contribution is 2.25. The molecule has 0 saturated heterocycles. The lowest BCUT2D eigenvalue weighted by atomic mass is 10.0. The molecule has 0 aliphatic carbocycles. The van der Waals surface area contributed by atoms with Gasteiger partial charge in [-0.15, -0.1) is 0 Å². The smallest absolute Gasteiger partial charge is 0.119 e. The van der Waals surface area contributed by atoms with Crippen LogP contribution in [0, 0.1) is 0 Å². The molecule has 0 heterocycles. The molecule has 1 aromatic rings. The Kier molecular flexibility index (Phi) is 2.94. The van der Waals surface area contributed by atoms with Gasteiger partial charge < -0.3 is 5.11 Å². The minimum Gasteiger partial charge on any atom is -0.508 e. The summed E-state index contributed by atoms with van der Waals surface area (Å²) in [6.07, 6.45) is 0. The second kappa shape index (κ2) is 3.77. The summed E-state index contributed by atoms with van der Waals surface area (Å²) in [5.74, 6) is 0.760. The second-order valence-electron chi connectivity index (χ2n) is 2.61. The van der Waals surface area contributed by atoms with Gasteiger partial charge in [-0.3, -0.25) is 0 Å². The lowest BCUT2D eigenvalue weighted by Gasteiger charge is -2.08. The average molecular weight is 215 g/mol. The first kappa shape index (κ1) is 8.60. The lowest BCUT2D eigenvalue weighted by Crippen LogP contribution is -1.93. The topological polar surface area (TPSA) is 20.2 Å². The molecule has 0 amide bonds.